The first kappa shape index (κ1) is 19.0. The van der Waals surface area contributed by atoms with Crippen molar-refractivity contribution >= 4 is 23.5 Å². The third-order valence-electron chi connectivity index (χ3n) is 5.51. The van der Waals surface area contributed by atoms with Crippen LogP contribution in [0.5, 0.6) is 5.75 Å². The van der Waals surface area contributed by atoms with Crippen LogP contribution in [-0.2, 0) is 4.79 Å². The van der Waals surface area contributed by atoms with Crippen molar-refractivity contribution in [2.24, 2.45) is 5.41 Å². The van der Waals surface area contributed by atoms with Crippen LogP contribution in [0.25, 0.3) is 0 Å². The van der Waals surface area contributed by atoms with Crippen molar-refractivity contribution in [2.75, 3.05) is 46.2 Å². The minimum absolute atomic E-state index is 0.135. The number of methoxy groups -OCH3 is 1. The first-order chi connectivity index (χ1) is 12.9. The van der Waals surface area contributed by atoms with Gasteiger partial charge in [0.2, 0.25) is 5.91 Å². The normalized spacial score (nSPS) is 22.1. The molecule has 8 nitrogen and oxygen atoms in total. The van der Waals surface area contributed by atoms with Crippen LogP contribution in [0.3, 0.4) is 0 Å². The van der Waals surface area contributed by atoms with E-state index in [4.69, 9.17) is 4.74 Å². The highest BCUT2D eigenvalue weighted by atomic mass is 16.5. The lowest BCUT2D eigenvalue weighted by Gasteiger charge is -2.37. The lowest BCUT2D eigenvalue weighted by Crippen LogP contribution is -2.49. The molecule has 2 aliphatic rings. The summed E-state index contributed by atoms with van der Waals surface area (Å²) in [6.07, 6.45) is 2.48. The van der Waals surface area contributed by atoms with Crippen molar-refractivity contribution < 1.29 is 19.1 Å². The number of rotatable bonds is 3. The Kier molecular flexibility index (Phi) is 5.25. The van der Waals surface area contributed by atoms with E-state index < -0.39 is 5.41 Å². The summed E-state index contributed by atoms with van der Waals surface area (Å²) in [7, 11) is 4.85. The second-order valence-electron chi connectivity index (χ2n) is 7.21. The van der Waals surface area contributed by atoms with Crippen LogP contribution < -0.4 is 15.4 Å². The summed E-state index contributed by atoms with van der Waals surface area (Å²) in [5, 5.41) is 5.38. The molecule has 1 aromatic carbocycles. The summed E-state index contributed by atoms with van der Waals surface area (Å²) in [6, 6.07) is 4.65. The number of likely N-dealkylation sites (tertiary alicyclic amines) is 2. The fraction of sp³-hybridized carbons (Fsp3) is 0.526. The molecule has 3 rings (SSSR count). The predicted molar refractivity (Wildman–Crippen MR) is 101 cm³/mol. The Morgan fingerprint density at radius 3 is 2.70 bits per heavy atom. The van der Waals surface area contributed by atoms with Gasteiger partial charge in [0.15, 0.2) is 0 Å². The highest BCUT2D eigenvalue weighted by Crippen LogP contribution is 2.39. The van der Waals surface area contributed by atoms with E-state index in [0.29, 0.717) is 36.5 Å². The van der Waals surface area contributed by atoms with Gasteiger partial charge in [-0.3, -0.25) is 9.59 Å². The zero-order chi connectivity index (χ0) is 19.6. The van der Waals surface area contributed by atoms with E-state index in [9.17, 15) is 14.4 Å². The molecule has 2 N–H and O–H groups in total. The van der Waals surface area contributed by atoms with Gasteiger partial charge in [0.1, 0.15) is 5.75 Å². The summed E-state index contributed by atoms with van der Waals surface area (Å²) in [4.78, 5) is 40.7. The van der Waals surface area contributed by atoms with Crippen molar-refractivity contribution in [1.29, 1.82) is 0 Å². The van der Waals surface area contributed by atoms with Gasteiger partial charge in [-0.05, 0) is 37.5 Å². The van der Waals surface area contributed by atoms with E-state index in [1.54, 1.807) is 28.0 Å². The van der Waals surface area contributed by atoms with Gasteiger partial charge in [0.05, 0.1) is 18.1 Å². The number of amides is 4. The van der Waals surface area contributed by atoms with E-state index in [-0.39, 0.29) is 17.8 Å². The maximum atomic E-state index is 12.7. The number of nitrogens with zero attached hydrogens (tertiary/aromatic N) is 2. The Morgan fingerprint density at radius 1 is 1.22 bits per heavy atom. The van der Waals surface area contributed by atoms with Crippen molar-refractivity contribution in [3.63, 3.8) is 0 Å². The zero-order valence-corrected chi connectivity index (χ0v) is 16.0. The van der Waals surface area contributed by atoms with Crippen molar-refractivity contribution in [3.05, 3.63) is 23.8 Å². The van der Waals surface area contributed by atoms with Gasteiger partial charge in [0.25, 0.3) is 5.91 Å². The summed E-state index contributed by atoms with van der Waals surface area (Å²) < 4.78 is 5.20. The molecule has 146 valence electrons. The SMILES string of the molecule is CNC(=O)c1cc(NC(=O)N2CCC3(CCCN(C)C3=O)C2)ccc1OC. The fourth-order valence-electron chi connectivity index (χ4n) is 3.99. The molecule has 1 unspecified atom stereocenters. The molecule has 1 spiro atoms. The fourth-order valence-corrected chi connectivity index (χ4v) is 3.99. The molecule has 0 aromatic heterocycles. The standard InChI is InChI=1S/C19H26N4O4/c1-20-16(24)14-11-13(5-6-15(14)27-3)21-18(26)23-10-8-19(12-23)7-4-9-22(2)17(19)25/h5-6,11H,4,7-10,12H2,1-3H3,(H,20,24)(H,21,26). The number of nitrogens with one attached hydrogen (secondary N) is 2. The molecule has 8 heteroatoms. The van der Waals surface area contributed by atoms with Crippen LogP contribution in [0, 0.1) is 5.41 Å². The average molecular weight is 374 g/mol. The number of piperidine rings is 1. The van der Waals surface area contributed by atoms with E-state index in [2.05, 4.69) is 10.6 Å². The van der Waals surface area contributed by atoms with Crippen LogP contribution in [-0.4, -0.2) is 68.5 Å². The molecule has 1 aromatic rings. The molecule has 1 atom stereocenters. The number of benzene rings is 1. The molecule has 2 fully saturated rings. The highest BCUT2D eigenvalue weighted by Gasteiger charge is 2.48. The van der Waals surface area contributed by atoms with E-state index in [1.807, 2.05) is 7.05 Å². The molecular formula is C19H26N4O4. The number of urea groups is 1. The highest BCUT2D eigenvalue weighted by molar-refractivity contribution is 5.99. The third-order valence-corrected chi connectivity index (χ3v) is 5.51. The average Bonchev–Trinajstić information content (AvgIpc) is 3.10. The van der Waals surface area contributed by atoms with Gasteiger partial charge in [0, 0.05) is 39.4 Å². The Labute approximate surface area is 158 Å². The molecule has 2 heterocycles. The predicted octanol–water partition coefficient (Wildman–Crippen LogP) is 1.53. The van der Waals surface area contributed by atoms with Gasteiger partial charge in [-0.25, -0.2) is 4.79 Å². The zero-order valence-electron chi connectivity index (χ0n) is 16.0. The molecular weight excluding hydrogens is 348 g/mol. The van der Waals surface area contributed by atoms with E-state index >= 15 is 0 Å². The van der Waals surface area contributed by atoms with Crippen LogP contribution in [0.1, 0.15) is 29.6 Å². The topological polar surface area (TPSA) is 91.0 Å². The Balaban J connectivity index is 1.71. The van der Waals surface area contributed by atoms with E-state index in [0.717, 1.165) is 19.4 Å². The quantitative estimate of drug-likeness (QED) is 0.839. The number of hydrogen-bond donors (Lipinski definition) is 2. The van der Waals surface area contributed by atoms with Gasteiger partial charge >= 0.3 is 6.03 Å². The van der Waals surface area contributed by atoms with Gasteiger partial charge < -0.3 is 25.2 Å². The molecule has 0 saturated carbocycles. The lowest BCUT2D eigenvalue weighted by atomic mass is 9.78. The Bertz CT molecular complexity index is 766. The number of carbonyl (C=O) groups excluding carboxylic acids is 3. The maximum absolute atomic E-state index is 12.7. The van der Waals surface area contributed by atoms with Crippen molar-refractivity contribution in [2.45, 2.75) is 19.3 Å². The van der Waals surface area contributed by atoms with Crippen LogP contribution in [0.4, 0.5) is 10.5 Å². The van der Waals surface area contributed by atoms with Gasteiger partial charge in [-0.1, -0.05) is 0 Å². The maximum Gasteiger partial charge on any atom is 0.321 e. The number of anilines is 1. The number of hydrogen-bond acceptors (Lipinski definition) is 4. The minimum atomic E-state index is -0.447. The Hall–Kier alpha value is -2.77. The van der Waals surface area contributed by atoms with Gasteiger partial charge in [-0.2, -0.15) is 0 Å². The largest absolute Gasteiger partial charge is 0.496 e. The van der Waals surface area contributed by atoms with Gasteiger partial charge in [-0.15, -0.1) is 0 Å². The Morgan fingerprint density at radius 2 is 2.00 bits per heavy atom. The molecule has 2 saturated heterocycles. The smallest absolute Gasteiger partial charge is 0.321 e. The second-order valence-corrected chi connectivity index (χ2v) is 7.21. The summed E-state index contributed by atoms with van der Waals surface area (Å²) in [5.41, 5.74) is 0.407. The summed E-state index contributed by atoms with van der Waals surface area (Å²) >= 11 is 0. The summed E-state index contributed by atoms with van der Waals surface area (Å²) in [6.45, 7) is 1.76. The molecule has 0 radical (unpaired) electrons. The molecule has 0 aliphatic carbocycles. The van der Waals surface area contributed by atoms with Crippen LogP contribution in [0.2, 0.25) is 0 Å². The molecule has 0 bridgehead atoms. The monoisotopic (exact) mass is 374 g/mol. The molecule has 2 aliphatic heterocycles. The lowest BCUT2D eigenvalue weighted by molar-refractivity contribution is -0.143. The van der Waals surface area contributed by atoms with Crippen LogP contribution in [0.15, 0.2) is 18.2 Å². The summed E-state index contributed by atoms with van der Waals surface area (Å²) in [5.74, 6) is 0.276. The molecule has 27 heavy (non-hydrogen) atoms. The van der Waals surface area contributed by atoms with E-state index in [1.165, 1.54) is 14.2 Å². The minimum Gasteiger partial charge on any atom is -0.496 e. The van der Waals surface area contributed by atoms with Crippen molar-refractivity contribution in [3.8, 4) is 5.75 Å². The first-order valence-electron chi connectivity index (χ1n) is 9.12. The number of ether oxygens (including phenoxy) is 1. The third kappa shape index (κ3) is 3.56. The van der Waals surface area contributed by atoms with Crippen molar-refractivity contribution in [1.82, 2.24) is 15.1 Å². The number of carbonyl (C=O) groups is 3. The van der Waals surface area contributed by atoms with Crippen LogP contribution >= 0.6 is 0 Å². The first-order valence-corrected chi connectivity index (χ1v) is 9.12. The molecule has 4 amide bonds. The second kappa shape index (κ2) is 7.46.